The summed E-state index contributed by atoms with van der Waals surface area (Å²) >= 11 is 5.75. The summed E-state index contributed by atoms with van der Waals surface area (Å²) in [4.78, 5) is 15.8. The van der Waals surface area contributed by atoms with Crippen LogP contribution in [-0.4, -0.2) is 18.0 Å². The molecule has 2 rings (SSSR count). The molecule has 0 aliphatic heterocycles. The van der Waals surface area contributed by atoms with Crippen molar-refractivity contribution in [2.45, 2.75) is 6.54 Å². The van der Waals surface area contributed by atoms with E-state index in [0.29, 0.717) is 12.1 Å². The van der Waals surface area contributed by atoms with E-state index in [-0.39, 0.29) is 16.7 Å². The van der Waals surface area contributed by atoms with E-state index in [4.69, 9.17) is 22.1 Å². The number of hydrogen-bond donors (Lipinski definition) is 2. The summed E-state index contributed by atoms with van der Waals surface area (Å²) in [5, 5.41) is 3.00. The lowest BCUT2D eigenvalue weighted by atomic mass is 10.2. The Bertz CT molecular complexity index is 632. The van der Waals surface area contributed by atoms with Crippen LogP contribution in [0.5, 0.6) is 5.75 Å². The number of halogens is 1. The summed E-state index contributed by atoms with van der Waals surface area (Å²) in [6.45, 7) is 0.370. The SMILES string of the molecule is COc1cccc(CNC(=O)c2cc(Cl)ncc2N)c1. The van der Waals surface area contributed by atoms with E-state index < -0.39 is 0 Å². The van der Waals surface area contributed by atoms with E-state index in [1.54, 1.807) is 7.11 Å². The van der Waals surface area contributed by atoms with Gasteiger partial charge in [-0.25, -0.2) is 4.98 Å². The number of ether oxygens (including phenoxy) is 1. The van der Waals surface area contributed by atoms with Crippen molar-refractivity contribution >= 4 is 23.2 Å². The molecule has 6 heteroatoms. The maximum Gasteiger partial charge on any atom is 0.253 e. The van der Waals surface area contributed by atoms with E-state index in [1.807, 2.05) is 24.3 Å². The number of carbonyl (C=O) groups excluding carboxylic acids is 1. The highest BCUT2D eigenvalue weighted by atomic mass is 35.5. The molecule has 1 amide bonds. The van der Waals surface area contributed by atoms with Crippen LogP contribution < -0.4 is 15.8 Å². The lowest BCUT2D eigenvalue weighted by Gasteiger charge is -2.08. The molecular weight excluding hydrogens is 278 g/mol. The van der Waals surface area contributed by atoms with Crippen LogP contribution in [0, 0.1) is 0 Å². The van der Waals surface area contributed by atoms with Gasteiger partial charge in [0, 0.05) is 6.54 Å². The Kier molecular flexibility index (Phi) is 4.42. The number of anilines is 1. The fourth-order valence-electron chi connectivity index (χ4n) is 1.70. The Balaban J connectivity index is 2.06. The number of nitrogens with two attached hydrogens (primary N) is 1. The molecule has 20 heavy (non-hydrogen) atoms. The standard InChI is InChI=1S/C14H14ClN3O2/c1-20-10-4-2-3-9(5-10)7-18-14(19)11-6-13(15)17-8-12(11)16/h2-6,8H,7,16H2,1H3,(H,18,19). The monoisotopic (exact) mass is 291 g/mol. The van der Waals surface area contributed by atoms with Crippen molar-refractivity contribution in [3.8, 4) is 5.75 Å². The summed E-state index contributed by atoms with van der Waals surface area (Å²) < 4.78 is 5.12. The molecule has 0 saturated carbocycles. The Morgan fingerprint density at radius 3 is 3.00 bits per heavy atom. The molecule has 0 unspecified atom stereocenters. The third kappa shape index (κ3) is 3.39. The first-order valence-electron chi connectivity index (χ1n) is 5.92. The number of pyridine rings is 1. The first kappa shape index (κ1) is 14.1. The summed E-state index contributed by atoms with van der Waals surface area (Å²) in [6, 6.07) is 8.89. The van der Waals surface area contributed by atoms with Gasteiger partial charge in [-0.2, -0.15) is 0 Å². The van der Waals surface area contributed by atoms with Crippen LogP contribution in [0.4, 0.5) is 5.69 Å². The van der Waals surface area contributed by atoms with E-state index in [1.165, 1.54) is 12.3 Å². The predicted molar refractivity (Wildman–Crippen MR) is 77.8 cm³/mol. The molecule has 1 aromatic carbocycles. The minimum absolute atomic E-state index is 0.228. The van der Waals surface area contributed by atoms with Gasteiger partial charge in [0.1, 0.15) is 10.9 Å². The Morgan fingerprint density at radius 1 is 1.45 bits per heavy atom. The van der Waals surface area contributed by atoms with Crippen molar-refractivity contribution in [2.24, 2.45) is 0 Å². The van der Waals surface area contributed by atoms with Crippen molar-refractivity contribution in [1.82, 2.24) is 10.3 Å². The van der Waals surface area contributed by atoms with Gasteiger partial charge in [0.15, 0.2) is 0 Å². The van der Waals surface area contributed by atoms with E-state index in [9.17, 15) is 4.79 Å². The maximum absolute atomic E-state index is 12.0. The number of nitrogens with zero attached hydrogens (tertiary/aromatic N) is 1. The van der Waals surface area contributed by atoms with Crippen molar-refractivity contribution in [3.05, 3.63) is 52.8 Å². The molecule has 0 spiro atoms. The van der Waals surface area contributed by atoms with Gasteiger partial charge in [-0.15, -0.1) is 0 Å². The van der Waals surface area contributed by atoms with Crippen molar-refractivity contribution in [2.75, 3.05) is 12.8 Å². The molecule has 3 N–H and O–H groups in total. The van der Waals surface area contributed by atoms with E-state index >= 15 is 0 Å². The van der Waals surface area contributed by atoms with E-state index in [0.717, 1.165) is 11.3 Å². The normalized spacial score (nSPS) is 10.1. The molecule has 0 saturated heterocycles. The molecule has 0 radical (unpaired) electrons. The molecule has 104 valence electrons. The number of amides is 1. The number of aromatic nitrogens is 1. The molecule has 2 aromatic rings. The van der Waals surface area contributed by atoms with Crippen LogP contribution in [-0.2, 0) is 6.54 Å². The summed E-state index contributed by atoms with van der Waals surface area (Å²) in [7, 11) is 1.59. The highest BCUT2D eigenvalue weighted by Crippen LogP contribution is 2.16. The number of hydrogen-bond acceptors (Lipinski definition) is 4. The quantitative estimate of drug-likeness (QED) is 0.847. The Labute approximate surface area is 121 Å². The zero-order chi connectivity index (χ0) is 14.5. The first-order valence-corrected chi connectivity index (χ1v) is 6.30. The van der Waals surface area contributed by atoms with E-state index in [2.05, 4.69) is 10.3 Å². The molecule has 0 atom stereocenters. The number of carbonyl (C=O) groups is 1. The van der Waals surface area contributed by atoms with Crippen LogP contribution in [0.1, 0.15) is 15.9 Å². The van der Waals surface area contributed by atoms with Gasteiger partial charge in [-0.05, 0) is 23.8 Å². The zero-order valence-electron chi connectivity index (χ0n) is 10.9. The van der Waals surface area contributed by atoms with Crippen LogP contribution in [0.15, 0.2) is 36.5 Å². The van der Waals surface area contributed by atoms with Crippen molar-refractivity contribution in [1.29, 1.82) is 0 Å². The number of nitrogen functional groups attached to an aromatic ring is 1. The Hall–Kier alpha value is -2.27. The first-order chi connectivity index (χ1) is 9.60. The maximum atomic E-state index is 12.0. The highest BCUT2D eigenvalue weighted by molar-refractivity contribution is 6.29. The lowest BCUT2D eigenvalue weighted by molar-refractivity contribution is 0.0951. The summed E-state index contributed by atoms with van der Waals surface area (Å²) in [5.74, 6) is 0.442. The molecular formula is C14H14ClN3O2. The molecule has 0 aliphatic rings. The van der Waals surface area contributed by atoms with Gasteiger partial charge in [0.25, 0.3) is 5.91 Å². The fraction of sp³-hybridized carbons (Fsp3) is 0.143. The van der Waals surface area contributed by atoms with Crippen LogP contribution in [0.2, 0.25) is 5.15 Å². The fourth-order valence-corrected chi connectivity index (χ4v) is 1.85. The number of rotatable bonds is 4. The van der Waals surface area contributed by atoms with Gasteiger partial charge in [0.05, 0.1) is 24.6 Å². The smallest absolute Gasteiger partial charge is 0.253 e. The number of benzene rings is 1. The van der Waals surface area contributed by atoms with Crippen LogP contribution in [0.25, 0.3) is 0 Å². The third-order valence-electron chi connectivity index (χ3n) is 2.73. The molecule has 5 nitrogen and oxygen atoms in total. The largest absolute Gasteiger partial charge is 0.497 e. The van der Waals surface area contributed by atoms with Crippen molar-refractivity contribution in [3.63, 3.8) is 0 Å². The lowest BCUT2D eigenvalue weighted by Crippen LogP contribution is -2.24. The van der Waals surface area contributed by atoms with Gasteiger partial charge in [0.2, 0.25) is 0 Å². The summed E-state index contributed by atoms with van der Waals surface area (Å²) in [5.41, 5.74) is 7.23. The topological polar surface area (TPSA) is 77.2 Å². The van der Waals surface area contributed by atoms with Crippen LogP contribution in [0.3, 0.4) is 0 Å². The molecule has 1 aromatic heterocycles. The van der Waals surface area contributed by atoms with Crippen LogP contribution >= 0.6 is 11.6 Å². The second-order valence-electron chi connectivity index (χ2n) is 4.13. The Morgan fingerprint density at radius 2 is 2.25 bits per heavy atom. The second kappa shape index (κ2) is 6.25. The second-order valence-corrected chi connectivity index (χ2v) is 4.52. The molecule has 0 fully saturated rings. The number of methoxy groups -OCH3 is 1. The minimum atomic E-state index is -0.297. The average Bonchev–Trinajstić information content (AvgIpc) is 2.47. The number of nitrogens with one attached hydrogen (secondary N) is 1. The summed E-state index contributed by atoms with van der Waals surface area (Å²) in [6.07, 6.45) is 1.36. The highest BCUT2D eigenvalue weighted by Gasteiger charge is 2.10. The van der Waals surface area contributed by atoms with Gasteiger partial charge in [-0.3, -0.25) is 4.79 Å². The molecule has 1 heterocycles. The van der Waals surface area contributed by atoms with Crippen molar-refractivity contribution < 1.29 is 9.53 Å². The zero-order valence-corrected chi connectivity index (χ0v) is 11.6. The molecule has 0 aliphatic carbocycles. The predicted octanol–water partition coefficient (Wildman–Crippen LogP) is 2.26. The minimum Gasteiger partial charge on any atom is -0.497 e. The van der Waals surface area contributed by atoms with Gasteiger partial charge in [-0.1, -0.05) is 23.7 Å². The molecule has 0 bridgehead atoms. The average molecular weight is 292 g/mol. The third-order valence-corrected chi connectivity index (χ3v) is 2.94. The van der Waals surface area contributed by atoms with Gasteiger partial charge >= 0.3 is 0 Å². The van der Waals surface area contributed by atoms with Gasteiger partial charge < -0.3 is 15.8 Å².